The highest BCUT2D eigenvalue weighted by Crippen LogP contribution is 2.36. The zero-order valence-corrected chi connectivity index (χ0v) is 30.4. The largest absolute Gasteiger partial charge is 0.469 e. The van der Waals surface area contributed by atoms with Crippen molar-refractivity contribution in [2.75, 3.05) is 13.2 Å². The molecule has 9 heteroatoms. The maximum atomic E-state index is 12.3. The van der Waals surface area contributed by atoms with Gasteiger partial charge in [0.1, 0.15) is 6.61 Å². The van der Waals surface area contributed by atoms with Crippen molar-refractivity contribution in [2.45, 2.75) is 187 Å². The second-order valence-corrected chi connectivity index (χ2v) is 13.8. The standard InChI is InChI=1S/C37H69O8P/c1-3-5-7-9-11-13-15-17-19-21-23-25-27-29-31-36(38)43-33-35(34-44-46(40,41)42)45-37(39)32-30-28-26-24-22-20-18-16-14-12-10-8-6-4-2/h15-18,35H,3-14,19-34H2,1-2H3,(H2,40,41,42)/b17-15-,18-16-/t35-/m1/s1. The van der Waals surface area contributed by atoms with Crippen molar-refractivity contribution >= 4 is 19.8 Å². The lowest BCUT2D eigenvalue weighted by atomic mass is 10.1. The van der Waals surface area contributed by atoms with Gasteiger partial charge in [0.05, 0.1) is 6.61 Å². The first-order valence-electron chi connectivity index (χ1n) is 18.6. The average Bonchev–Trinajstić information content (AvgIpc) is 3.02. The fraction of sp³-hybridized carbons (Fsp3) is 0.838. The monoisotopic (exact) mass is 672 g/mol. The SMILES string of the molecule is CCCCCCC/C=C\CCCCCCCC(=O)OC[C@H](COP(=O)(O)O)OC(=O)CCCCCCC/C=C\CCCCCCC. The van der Waals surface area contributed by atoms with Gasteiger partial charge in [-0.1, -0.05) is 128 Å². The van der Waals surface area contributed by atoms with E-state index in [9.17, 15) is 14.2 Å². The highest BCUT2D eigenvalue weighted by molar-refractivity contribution is 7.46. The molecule has 0 aliphatic rings. The van der Waals surface area contributed by atoms with Gasteiger partial charge in [-0.2, -0.15) is 0 Å². The van der Waals surface area contributed by atoms with E-state index in [-0.39, 0.29) is 19.4 Å². The van der Waals surface area contributed by atoms with E-state index in [2.05, 4.69) is 42.7 Å². The summed E-state index contributed by atoms with van der Waals surface area (Å²) >= 11 is 0. The summed E-state index contributed by atoms with van der Waals surface area (Å²) in [7, 11) is -4.75. The molecule has 0 aromatic rings. The van der Waals surface area contributed by atoms with Crippen molar-refractivity contribution in [3.05, 3.63) is 24.3 Å². The van der Waals surface area contributed by atoms with E-state index in [1.807, 2.05) is 0 Å². The Morgan fingerprint density at radius 3 is 1.33 bits per heavy atom. The smallest absolute Gasteiger partial charge is 0.462 e. The van der Waals surface area contributed by atoms with Gasteiger partial charge < -0.3 is 19.3 Å². The van der Waals surface area contributed by atoms with Crippen LogP contribution in [0.4, 0.5) is 0 Å². The number of rotatable bonds is 34. The summed E-state index contributed by atoms with van der Waals surface area (Å²) in [6, 6.07) is 0. The van der Waals surface area contributed by atoms with Crippen LogP contribution < -0.4 is 0 Å². The van der Waals surface area contributed by atoms with Gasteiger partial charge in [0, 0.05) is 12.8 Å². The Kier molecular flexibility index (Phi) is 32.4. The summed E-state index contributed by atoms with van der Waals surface area (Å²) in [5, 5.41) is 0. The summed E-state index contributed by atoms with van der Waals surface area (Å²) < 4.78 is 26.3. The molecule has 0 saturated heterocycles. The molecule has 0 radical (unpaired) electrons. The van der Waals surface area contributed by atoms with Crippen molar-refractivity contribution in [3.63, 3.8) is 0 Å². The molecule has 0 aromatic heterocycles. The predicted octanol–water partition coefficient (Wildman–Crippen LogP) is 10.8. The summed E-state index contributed by atoms with van der Waals surface area (Å²) in [6.45, 7) is 3.64. The van der Waals surface area contributed by atoms with Crippen LogP contribution in [0.25, 0.3) is 0 Å². The molecule has 0 spiro atoms. The molecule has 1 atom stereocenters. The number of unbranched alkanes of at least 4 members (excludes halogenated alkanes) is 20. The molecule has 0 aliphatic heterocycles. The Labute approximate surface area is 281 Å². The van der Waals surface area contributed by atoms with Crippen LogP contribution in [0.1, 0.15) is 181 Å². The van der Waals surface area contributed by atoms with Crippen LogP contribution >= 0.6 is 7.82 Å². The van der Waals surface area contributed by atoms with E-state index in [1.165, 1.54) is 77.0 Å². The van der Waals surface area contributed by atoms with Gasteiger partial charge in [0.2, 0.25) is 0 Å². The first kappa shape index (κ1) is 44.5. The van der Waals surface area contributed by atoms with Gasteiger partial charge in [0.15, 0.2) is 6.10 Å². The number of carbonyl (C=O) groups is 2. The Balaban J connectivity index is 3.99. The molecule has 0 aliphatic carbocycles. The Morgan fingerprint density at radius 1 is 0.543 bits per heavy atom. The van der Waals surface area contributed by atoms with E-state index in [0.29, 0.717) is 12.8 Å². The van der Waals surface area contributed by atoms with Crippen LogP contribution in [0, 0.1) is 0 Å². The fourth-order valence-corrected chi connectivity index (χ4v) is 5.49. The minimum Gasteiger partial charge on any atom is -0.462 e. The molecular formula is C37H69O8P. The van der Waals surface area contributed by atoms with Crippen LogP contribution in [0.5, 0.6) is 0 Å². The van der Waals surface area contributed by atoms with Crippen LogP contribution in [-0.2, 0) is 28.2 Å². The molecular weight excluding hydrogens is 603 g/mol. The molecule has 0 fully saturated rings. The van der Waals surface area contributed by atoms with Crippen molar-refractivity contribution in [3.8, 4) is 0 Å². The lowest BCUT2D eigenvalue weighted by molar-refractivity contribution is -0.161. The first-order chi connectivity index (χ1) is 22.3. The van der Waals surface area contributed by atoms with E-state index < -0.39 is 32.5 Å². The second kappa shape index (κ2) is 33.4. The molecule has 270 valence electrons. The minimum atomic E-state index is -4.75. The summed E-state index contributed by atoms with van der Waals surface area (Å²) in [6.07, 6.45) is 36.1. The quantitative estimate of drug-likeness (QED) is 0.0300. The van der Waals surface area contributed by atoms with Gasteiger partial charge in [-0.15, -0.1) is 0 Å². The van der Waals surface area contributed by atoms with E-state index >= 15 is 0 Å². The Hall–Kier alpha value is -1.47. The number of phosphoric ester groups is 1. The number of carbonyl (C=O) groups excluding carboxylic acids is 2. The third-order valence-corrected chi connectivity index (χ3v) is 8.43. The van der Waals surface area contributed by atoms with Crippen molar-refractivity contribution < 1.29 is 37.9 Å². The molecule has 8 nitrogen and oxygen atoms in total. The van der Waals surface area contributed by atoms with Gasteiger partial charge in [-0.25, -0.2) is 4.57 Å². The molecule has 2 N–H and O–H groups in total. The lowest BCUT2D eigenvalue weighted by Crippen LogP contribution is -2.29. The fourth-order valence-electron chi connectivity index (χ4n) is 5.13. The van der Waals surface area contributed by atoms with Gasteiger partial charge in [0.25, 0.3) is 0 Å². The van der Waals surface area contributed by atoms with E-state index in [1.54, 1.807) is 0 Å². The zero-order chi connectivity index (χ0) is 34.0. The number of esters is 2. The minimum absolute atomic E-state index is 0.202. The maximum absolute atomic E-state index is 12.3. The third kappa shape index (κ3) is 35.4. The van der Waals surface area contributed by atoms with Crippen molar-refractivity contribution in [2.24, 2.45) is 0 Å². The molecule has 0 amide bonds. The van der Waals surface area contributed by atoms with Gasteiger partial charge >= 0.3 is 19.8 Å². The van der Waals surface area contributed by atoms with E-state index in [4.69, 9.17) is 19.3 Å². The van der Waals surface area contributed by atoms with Crippen LogP contribution in [-0.4, -0.2) is 41.0 Å². The third-order valence-electron chi connectivity index (χ3n) is 7.94. The normalized spacial score (nSPS) is 12.7. The average molecular weight is 673 g/mol. The summed E-state index contributed by atoms with van der Waals surface area (Å²) in [5.41, 5.74) is 0. The molecule has 0 aromatic carbocycles. The number of hydrogen-bond acceptors (Lipinski definition) is 6. The van der Waals surface area contributed by atoms with Gasteiger partial charge in [-0.3, -0.25) is 14.1 Å². The van der Waals surface area contributed by atoms with E-state index in [0.717, 1.165) is 64.2 Å². The Bertz CT molecular complexity index is 807. The van der Waals surface area contributed by atoms with Crippen molar-refractivity contribution in [1.29, 1.82) is 0 Å². The van der Waals surface area contributed by atoms with Gasteiger partial charge in [-0.05, 0) is 64.2 Å². The van der Waals surface area contributed by atoms with Crippen LogP contribution in [0.3, 0.4) is 0 Å². The molecule has 0 rings (SSSR count). The highest BCUT2D eigenvalue weighted by Gasteiger charge is 2.22. The molecule has 0 saturated carbocycles. The maximum Gasteiger partial charge on any atom is 0.469 e. The summed E-state index contributed by atoms with van der Waals surface area (Å²) in [4.78, 5) is 42.6. The molecule has 0 bridgehead atoms. The highest BCUT2D eigenvalue weighted by atomic mass is 31.2. The lowest BCUT2D eigenvalue weighted by Gasteiger charge is -2.18. The molecule has 0 unspecified atom stereocenters. The Morgan fingerprint density at radius 2 is 0.913 bits per heavy atom. The second-order valence-electron chi connectivity index (χ2n) is 12.5. The number of hydrogen-bond donors (Lipinski definition) is 2. The van der Waals surface area contributed by atoms with Crippen LogP contribution in [0.2, 0.25) is 0 Å². The molecule has 0 heterocycles. The topological polar surface area (TPSA) is 119 Å². The number of phosphoric acid groups is 1. The summed E-state index contributed by atoms with van der Waals surface area (Å²) in [5.74, 6) is -0.903. The van der Waals surface area contributed by atoms with Crippen molar-refractivity contribution in [1.82, 2.24) is 0 Å². The zero-order valence-electron chi connectivity index (χ0n) is 29.5. The number of ether oxygens (including phenoxy) is 2. The predicted molar refractivity (Wildman–Crippen MR) is 189 cm³/mol. The molecule has 46 heavy (non-hydrogen) atoms. The number of allylic oxidation sites excluding steroid dienone is 4. The first-order valence-corrected chi connectivity index (χ1v) is 20.2. The van der Waals surface area contributed by atoms with Crippen LogP contribution in [0.15, 0.2) is 24.3 Å².